The molecular weight excluding hydrogens is 102 g/mol. The predicted molar refractivity (Wildman–Crippen MR) is 35.0 cm³/mol. The molecule has 0 atom stereocenters. The Hall–Kier alpha value is -0.120. The van der Waals surface area contributed by atoms with Crippen LogP contribution in [0.4, 0.5) is 0 Å². The van der Waals surface area contributed by atoms with Gasteiger partial charge in [0.25, 0.3) is 0 Å². The molecule has 3 heteroatoms. The van der Waals surface area contributed by atoms with Crippen molar-refractivity contribution in [3.05, 3.63) is 7.05 Å². The Bertz CT molecular complexity index is 40.9. The van der Waals surface area contributed by atoms with Crippen LogP contribution >= 0.6 is 0 Å². The van der Waals surface area contributed by atoms with Gasteiger partial charge in [-0.15, -0.1) is 0 Å². The molecule has 8 heavy (non-hydrogen) atoms. The molecule has 0 heterocycles. The molecule has 0 aromatic heterocycles. The molecule has 49 valence electrons. The zero-order chi connectivity index (χ0) is 6.41. The summed E-state index contributed by atoms with van der Waals surface area (Å²) < 4.78 is 0. The molecular formula is C5H14N3. The van der Waals surface area contributed by atoms with Crippen LogP contribution in [0.15, 0.2) is 0 Å². The number of hydrogen-bond donors (Lipinski definition) is 2. The summed E-state index contributed by atoms with van der Waals surface area (Å²) in [4.78, 5) is 1.86. The second-order valence-electron chi connectivity index (χ2n) is 1.70. The van der Waals surface area contributed by atoms with Crippen molar-refractivity contribution in [3.8, 4) is 0 Å². The Labute approximate surface area is 50.6 Å². The summed E-state index contributed by atoms with van der Waals surface area (Å²) in [5.41, 5.74) is 10.5. The van der Waals surface area contributed by atoms with Crippen LogP contribution in [0, 0.1) is 7.05 Å². The second kappa shape index (κ2) is 5.03. The van der Waals surface area contributed by atoms with Gasteiger partial charge in [0.15, 0.2) is 0 Å². The Balaban J connectivity index is 2.92. The summed E-state index contributed by atoms with van der Waals surface area (Å²) in [5, 5.41) is 0. The lowest BCUT2D eigenvalue weighted by Gasteiger charge is -2.11. The average molecular weight is 116 g/mol. The number of nitrogens with zero attached hydrogens (tertiary/aromatic N) is 1. The molecule has 0 saturated carbocycles. The molecule has 0 saturated heterocycles. The van der Waals surface area contributed by atoms with E-state index in [2.05, 4.69) is 7.05 Å². The molecule has 1 radical (unpaired) electrons. The Kier molecular flexibility index (Phi) is 4.95. The number of rotatable bonds is 4. The Morgan fingerprint density at radius 1 is 1.12 bits per heavy atom. The van der Waals surface area contributed by atoms with E-state index >= 15 is 0 Å². The topological polar surface area (TPSA) is 55.3 Å². The summed E-state index contributed by atoms with van der Waals surface area (Å²) in [6, 6.07) is 0. The van der Waals surface area contributed by atoms with Gasteiger partial charge in [0.05, 0.1) is 0 Å². The number of hydrogen-bond acceptors (Lipinski definition) is 3. The van der Waals surface area contributed by atoms with E-state index in [-0.39, 0.29) is 0 Å². The molecule has 0 aromatic rings. The van der Waals surface area contributed by atoms with Crippen molar-refractivity contribution in [3.63, 3.8) is 0 Å². The molecule has 0 aliphatic heterocycles. The second-order valence-corrected chi connectivity index (χ2v) is 1.70. The van der Waals surface area contributed by atoms with E-state index in [0.717, 1.165) is 13.1 Å². The van der Waals surface area contributed by atoms with Gasteiger partial charge in [0, 0.05) is 33.2 Å². The molecule has 0 aromatic carbocycles. The summed E-state index contributed by atoms with van der Waals surface area (Å²) in [6.45, 7) is 2.97. The highest BCUT2D eigenvalue weighted by molar-refractivity contribution is 4.54. The van der Waals surface area contributed by atoms with Gasteiger partial charge >= 0.3 is 0 Å². The fourth-order valence-corrected chi connectivity index (χ4v) is 0.477. The van der Waals surface area contributed by atoms with Gasteiger partial charge in [-0.3, -0.25) is 4.90 Å². The Morgan fingerprint density at radius 3 is 1.75 bits per heavy atom. The van der Waals surface area contributed by atoms with E-state index in [4.69, 9.17) is 11.5 Å². The van der Waals surface area contributed by atoms with Gasteiger partial charge in [0.1, 0.15) is 0 Å². The van der Waals surface area contributed by atoms with E-state index in [1.807, 2.05) is 4.90 Å². The molecule has 0 amide bonds. The lowest BCUT2D eigenvalue weighted by Crippen LogP contribution is -2.28. The van der Waals surface area contributed by atoms with Gasteiger partial charge in [-0.25, -0.2) is 0 Å². The fourth-order valence-electron chi connectivity index (χ4n) is 0.477. The minimum atomic E-state index is 0.656. The van der Waals surface area contributed by atoms with E-state index in [1.165, 1.54) is 0 Å². The highest BCUT2D eigenvalue weighted by atomic mass is 15.1. The van der Waals surface area contributed by atoms with Crippen molar-refractivity contribution in [1.82, 2.24) is 4.90 Å². The minimum Gasteiger partial charge on any atom is -0.329 e. The van der Waals surface area contributed by atoms with Crippen LogP contribution in [0.3, 0.4) is 0 Å². The highest BCUT2D eigenvalue weighted by Crippen LogP contribution is 1.77. The molecule has 0 aliphatic rings. The van der Waals surface area contributed by atoms with Crippen molar-refractivity contribution in [2.24, 2.45) is 11.5 Å². The van der Waals surface area contributed by atoms with E-state index in [0.29, 0.717) is 13.1 Å². The van der Waals surface area contributed by atoms with Crippen LogP contribution in [0.5, 0.6) is 0 Å². The third kappa shape index (κ3) is 4.05. The monoisotopic (exact) mass is 116 g/mol. The normalized spacial score (nSPS) is 10.5. The summed E-state index contributed by atoms with van der Waals surface area (Å²) >= 11 is 0. The van der Waals surface area contributed by atoms with Crippen molar-refractivity contribution >= 4 is 0 Å². The van der Waals surface area contributed by atoms with E-state index in [1.54, 1.807) is 0 Å². The zero-order valence-corrected chi connectivity index (χ0v) is 5.14. The van der Waals surface area contributed by atoms with Crippen molar-refractivity contribution in [2.75, 3.05) is 26.2 Å². The molecule has 0 unspecified atom stereocenters. The first-order valence-electron chi connectivity index (χ1n) is 2.77. The lowest BCUT2D eigenvalue weighted by atomic mass is 10.5. The largest absolute Gasteiger partial charge is 0.329 e. The molecule has 0 bridgehead atoms. The minimum absolute atomic E-state index is 0.656. The van der Waals surface area contributed by atoms with Gasteiger partial charge in [-0.2, -0.15) is 0 Å². The quantitative estimate of drug-likeness (QED) is 0.495. The lowest BCUT2D eigenvalue weighted by molar-refractivity contribution is 0.390. The van der Waals surface area contributed by atoms with Gasteiger partial charge in [-0.05, 0) is 0 Å². The van der Waals surface area contributed by atoms with Crippen molar-refractivity contribution < 1.29 is 0 Å². The van der Waals surface area contributed by atoms with E-state index < -0.39 is 0 Å². The van der Waals surface area contributed by atoms with Gasteiger partial charge < -0.3 is 11.5 Å². The maximum atomic E-state index is 5.24. The van der Waals surface area contributed by atoms with Crippen LogP contribution in [-0.2, 0) is 0 Å². The number of nitrogens with two attached hydrogens (primary N) is 2. The highest BCUT2D eigenvalue weighted by Gasteiger charge is 1.90. The first-order chi connectivity index (χ1) is 3.81. The Morgan fingerprint density at radius 2 is 1.50 bits per heavy atom. The van der Waals surface area contributed by atoms with Crippen LogP contribution in [-0.4, -0.2) is 31.1 Å². The van der Waals surface area contributed by atoms with Crippen molar-refractivity contribution in [1.29, 1.82) is 0 Å². The predicted octanol–water partition coefficient (Wildman–Crippen LogP) is -1.00. The molecule has 0 rings (SSSR count). The van der Waals surface area contributed by atoms with Crippen LogP contribution < -0.4 is 11.5 Å². The third-order valence-electron chi connectivity index (χ3n) is 0.891. The first-order valence-corrected chi connectivity index (χ1v) is 2.77. The zero-order valence-electron chi connectivity index (χ0n) is 5.14. The van der Waals surface area contributed by atoms with E-state index in [9.17, 15) is 0 Å². The third-order valence-corrected chi connectivity index (χ3v) is 0.891. The van der Waals surface area contributed by atoms with Gasteiger partial charge in [-0.1, -0.05) is 0 Å². The fraction of sp³-hybridized carbons (Fsp3) is 0.800. The standard InChI is InChI=1S/C5H14N3/c1-8(4-2-6)5-3-7/h1-7H2. The van der Waals surface area contributed by atoms with Crippen LogP contribution in [0.2, 0.25) is 0 Å². The SMILES string of the molecule is [CH2]N(CCN)CCN. The molecule has 3 nitrogen and oxygen atoms in total. The maximum Gasteiger partial charge on any atom is 0.0110 e. The first kappa shape index (κ1) is 7.88. The summed E-state index contributed by atoms with van der Waals surface area (Å²) in [5.74, 6) is 0. The van der Waals surface area contributed by atoms with Crippen molar-refractivity contribution in [2.45, 2.75) is 0 Å². The van der Waals surface area contributed by atoms with Crippen LogP contribution in [0.1, 0.15) is 0 Å². The molecule has 4 N–H and O–H groups in total. The molecule has 0 spiro atoms. The van der Waals surface area contributed by atoms with Crippen LogP contribution in [0.25, 0.3) is 0 Å². The molecule has 0 fully saturated rings. The molecule has 0 aliphatic carbocycles. The van der Waals surface area contributed by atoms with Gasteiger partial charge in [0.2, 0.25) is 0 Å². The summed E-state index contributed by atoms with van der Waals surface area (Å²) in [6.07, 6.45) is 0. The maximum absolute atomic E-state index is 5.24. The average Bonchev–Trinajstić information content (AvgIpc) is 1.68. The summed E-state index contributed by atoms with van der Waals surface area (Å²) in [7, 11) is 3.69. The smallest absolute Gasteiger partial charge is 0.0110 e.